The highest BCUT2D eigenvalue weighted by atomic mass is 35.5. The Morgan fingerprint density at radius 3 is 2.94 bits per heavy atom. The van der Waals surface area contributed by atoms with E-state index in [1.54, 1.807) is 0 Å². The lowest BCUT2D eigenvalue weighted by molar-refractivity contribution is -0.386. The maximum Gasteiger partial charge on any atom is 0.311 e. The van der Waals surface area contributed by atoms with Crippen LogP contribution in [0.4, 0.5) is 21.6 Å². The summed E-state index contributed by atoms with van der Waals surface area (Å²) in [6.07, 6.45) is 1.36. The van der Waals surface area contributed by atoms with E-state index < -0.39 is 16.8 Å². The van der Waals surface area contributed by atoms with Gasteiger partial charge >= 0.3 is 5.69 Å². The molecule has 2 fully saturated rings. The van der Waals surface area contributed by atoms with Gasteiger partial charge in [0.1, 0.15) is 24.1 Å². The lowest BCUT2D eigenvalue weighted by atomic mass is 10.1. The number of aromatic nitrogens is 2. The van der Waals surface area contributed by atoms with E-state index >= 15 is 0 Å². The van der Waals surface area contributed by atoms with Crippen LogP contribution in [0, 0.1) is 15.9 Å². The second-order valence-corrected chi connectivity index (χ2v) is 7.63. The molecule has 1 aromatic heterocycles. The molecule has 5 rings (SSSR count). The maximum absolute atomic E-state index is 13.4. The van der Waals surface area contributed by atoms with Crippen molar-refractivity contribution in [1.29, 1.82) is 0 Å². The molecule has 2 aliphatic rings. The van der Waals surface area contributed by atoms with Crippen LogP contribution in [0.3, 0.4) is 0 Å². The normalized spacial score (nSPS) is 22.5. The minimum absolute atomic E-state index is 0.0508. The quantitative estimate of drug-likeness (QED) is 0.462. The second-order valence-electron chi connectivity index (χ2n) is 7.22. The predicted octanol–water partition coefficient (Wildman–Crippen LogP) is 4.01. The van der Waals surface area contributed by atoms with E-state index in [2.05, 4.69) is 15.3 Å². The Morgan fingerprint density at radius 2 is 2.13 bits per heavy atom. The Kier molecular flexibility index (Phi) is 5.05. The number of nitro benzene ring substituents is 1. The summed E-state index contributed by atoms with van der Waals surface area (Å²) in [5.74, 6) is -0.163. The zero-order chi connectivity index (χ0) is 21.5. The van der Waals surface area contributed by atoms with Gasteiger partial charge in [0.15, 0.2) is 11.9 Å². The Balaban J connectivity index is 1.51. The van der Waals surface area contributed by atoms with Crippen molar-refractivity contribution in [1.82, 2.24) is 9.97 Å². The van der Waals surface area contributed by atoms with Crippen LogP contribution in [0.5, 0.6) is 5.75 Å². The summed E-state index contributed by atoms with van der Waals surface area (Å²) in [6.45, 7) is 0.872. The van der Waals surface area contributed by atoms with Gasteiger partial charge in [0.05, 0.1) is 33.6 Å². The van der Waals surface area contributed by atoms with Gasteiger partial charge in [-0.05, 0) is 24.6 Å². The first kappa shape index (κ1) is 19.9. The summed E-state index contributed by atoms with van der Waals surface area (Å²) in [5, 5.41) is 15.1. The molecule has 3 heterocycles. The number of ether oxygens (including phenoxy) is 3. The van der Waals surface area contributed by atoms with Gasteiger partial charge in [-0.2, -0.15) is 0 Å². The SMILES string of the molecule is O=[N+]([O-])c1cc2c(Nc3ccc(F)c(Cl)c3)ncnc2cc1O[C@H]1COC2CCOC21. The second kappa shape index (κ2) is 7.88. The van der Waals surface area contributed by atoms with Crippen molar-refractivity contribution in [3.05, 3.63) is 57.6 Å². The van der Waals surface area contributed by atoms with E-state index in [-0.39, 0.29) is 28.7 Å². The number of benzene rings is 2. The van der Waals surface area contributed by atoms with Crippen molar-refractivity contribution in [3.63, 3.8) is 0 Å². The average Bonchev–Trinajstić information content (AvgIpc) is 3.35. The van der Waals surface area contributed by atoms with Crippen LogP contribution in [0.1, 0.15) is 6.42 Å². The molecule has 11 heteroatoms. The fourth-order valence-corrected chi connectivity index (χ4v) is 3.99. The zero-order valence-electron chi connectivity index (χ0n) is 16.0. The topological polar surface area (TPSA) is 109 Å². The smallest absolute Gasteiger partial charge is 0.311 e. The first-order chi connectivity index (χ1) is 15.0. The van der Waals surface area contributed by atoms with Gasteiger partial charge in [-0.15, -0.1) is 0 Å². The first-order valence-corrected chi connectivity index (χ1v) is 9.92. The molecule has 0 radical (unpaired) electrons. The number of nitrogens with zero attached hydrogens (tertiary/aromatic N) is 3. The number of anilines is 2. The van der Waals surface area contributed by atoms with E-state index in [0.717, 1.165) is 6.42 Å². The predicted molar refractivity (Wildman–Crippen MR) is 109 cm³/mol. The molecule has 160 valence electrons. The highest BCUT2D eigenvalue weighted by Crippen LogP contribution is 2.37. The summed E-state index contributed by atoms with van der Waals surface area (Å²) in [4.78, 5) is 19.6. The van der Waals surface area contributed by atoms with Gasteiger partial charge < -0.3 is 19.5 Å². The number of rotatable bonds is 5. The molecular formula is C20H16ClFN4O5. The lowest BCUT2D eigenvalue weighted by Crippen LogP contribution is -2.32. The van der Waals surface area contributed by atoms with Gasteiger partial charge in [-0.1, -0.05) is 11.6 Å². The molecule has 3 aromatic rings. The average molecular weight is 447 g/mol. The van der Waals surface area contributed by atoms with Crippen LogP contribution in [-0.2, 0) is 9.47 Å². The van der Waals surface area contributed by atoms with Crippen LogP contribution in [0.2, 0.25) is 5.02 Å². The molecule has 0 aliphatic carbocycles. The number of nitro groups is 1. The van der Waals surface area contributed by atoms with Crippen molar-refractivity contribution < 1.29 is 23.5 Å². The van der Waals surface area contributed by atoms with Crippen LogP contribution in [0.15, 0.2) is 36.7 Å². The molecule has 0 bridgehead atoms. The summed E-state index contributed by atoms with van der Waals surface area (Å²) in [6, 6.07) is 6.94. The van der Waals surface area contributed by atoms with Crippen LogP contribution < -0.4 is 10.1 Å². The minimum atomic E-state index is -0.554. The van der Waals surface area contributed by atoms with Crippen molar-refractivity contribution in [2.75, 3.05) is 18.5 Å². The van der Waals surface area contributed by atoms with Gasteiger partial charge in [-0.25, -0.2) is 14.4 Å². The van der Waals surface area contributed by atoms with Crippen molar-refractivity contribution in [2.24, 2.45) is 0 Å². The van der Waals surface area contributed by atoms with Gasteiger partial charge in [-0.3, -0.25) is 10.1 Å². The zero-order valence-corrected chi connectivity index (χ0v) is 16.7. The summed E-state index contributed by atoms with van der Waals surface area (Å²) < 4.78 is 30.7. The van der Waals surface area contributed by atoms with Crippen molar-refractivity contribution in [3.8, 4) is 5.75 Å². The number of hydrogen-bond acceptors (Lipinski definition) is 8. The minimum Gasteiger partial charge on any atom is -0.478 e. The monoisotopic (exact) mass is 446 g/mol. The highest BCUT2D eigenvalue weighted by Gasteiger charge is 2.44. The highest BCUT2D eigenvalue weighted by molar-refractivity contribution is 6.31. The first-order valence-electron chi connectivity index (χ1n) is 9.54. The number of halogens is 2. The Hall–Kier alpha value is -3.08. The fraction of sp³-hybridized carbons (Fsp3) is 0.300. The van der Waals surface area contributed by atoms with Gasteiger partial charge in [0.2, 0.25) is 0 Å². The third kappa shape index (κ3) is 3.73. The summed E-state index contributed by atoms with van der Waals surface area (Å²) in [5.41, 5.74) is 0.681. The molecule has 1 N–H and O–H groups in total. The number of nitrogens with one attached hydrogen (secondary N) is 1. The van der Waals surface area contributed by atoms with E-state index in [0.29, 0.717) is 35.6 Å². The molecule has 9 nitrogen and oxygen atoms in total. The molecule has 0 saturated carbocycles. The maximum atomic E-state index is 13.4. The Labute approximate surface area is 180 Å². The third-order valence-electron chi connectivity index (χ3n) is 5.29. The van der Waals surface area contributed by atoms with Crippen LogP contribution >= 0.6 is 11.6 Å². The van der Waals surface area contributed by atoms with E-state index in [1.165, 1.54) is 36.7 Å². The molecule has 3 atom stereocenters. The number of fused-ring (bicyclic) bond motifs is 2. The van der Waals surface area contributed by atoms with E-state index in [1.807, 2.05) is 0 Å². The summed E-state index contributed by atoms with van der Waals surface area (Å²) >= 11 is 5.83. The van der Waals surface area contributed by atoms with E-state index in [9.17, 15) is 14.5 Å². The van der Waals surface area contributed by atoms with Crippen LogP contribution in [0.25, 0.3) is 10.9 Å². The third-order valence-corrected chi connectivity index (χ3v) is 5.58. The summed E-state index contributed by atoms with van der Waals surface area (Å²) in [7, 11) is 0. The van der Waals surface area contributed by atoms with Crippen molar-refractivity contribution >= 4 is 39.7 Å². The number of hydrogen-bond donors (Lipinski definition) is 1. The molecule has 0 spiro atoms. The molecule has 31 heavy (non-hydrogen) atoms. The molecular weight excluding hydrogens is 431 g/mol. The lowest BCUT2D eigenvalue weighted by Gasteiger charge is -2.18. The largest absolute Gasteiger partial charge is 0.478 e. The van der Waals surface area contributed by atoms with E-state index in [4.69, 9.17) is 25.8 Å². The molecule has 2 aromatic carbocycles. The van der Waals surface area contributed by atoms with Gasteiger partial charge in [0.25, 0.3) is 0 Å². The molecule has 2 saturated heterocycles. The molecule has 2 aliphatic heterocycles. The molecule has 2 unspecified atom stereocenters. The standard InChI is InChI=1S/C20H16ClFN4O5/c21-12-5-10(1-2-13(12)22)25-20-11-6-15(26(27)28)17(7-14(11)23-9-24-20)31-18-8-30-16-3-4-29-19(16)18/h1-2,5-7,9,16,18-19H,3-4,8H2,(H,23,24,25)/t16?,18-,19?/m0/s1. The fourth-order valence-electron chi connectivity index (χ4n) is 3.81. The van der Waals surface area contributed by atoms with Gasteiger partial charge in [0, 0.05) is 24.4 Å². The van der Waals surface area contributed by atoms with Crippen molar-refractivity contribution in [2.45, 2.75) is 24.7 Å². The Morgan fingerprint density at radius 1 is 1.26 bits per heavy atom. The Bertz CT molecular complexity index is 1180. The molecule has 0 amide bonds. The van der Waals surface area contributed by atoms with Crippen LogP contribution in [-0.4, -0.2) is 46.4 Å².